The molecule has 4 aromatic carbocycles. The Morgan fingerprint density at radius 1 is 0.902 bits per heavy atom. The van der Waals surface area contributed by atoms with Crippen LogP contribution in [-0.2, 0) is 17.6 Å². The Morgan fingerprint density at radius 2 is 1.61 bits per heavy atom. The minimum atomic E-state index is -1.03. The molecule has 0 radical (unpaired) electrons. The molecule has 0 saturated heterocycles. The lowest BCUT2D eigenvalue weighted by atomic mass is 9.88. The average molecular weight is 548 g/mol. The van der Waals surface area contributed by atoms with Crippen LogP contribution in [0.4, 0.5) is 5.69 Å². The molecule has 0 aliphatic heterocycles. The van der Waals surface area contributed by atoms with Gasteiger partial charge in [-0.3, -0.25) is 9.59 Å². The molecule has 1 amide bonds. The maximum absolute atomic E-state index is 13.4. The van der Waals surface area contributed by atoms with Crippen molar-refractivity contribution in [1.29, 1.82) is 0 Å². The van der Waals surface area contributed by atoms with Gasteiger partial charge in [-0.2, -0.15) is 0 Å². The normalized spacial score (nSPS) is 14.3. The van der Waals surface area contributed by atoms with Gasteiger partial charge in [-0.25, -0.2) is 4.79 Å². The van der Waals surface area contributed by atoms with Gasteiger partial charge in [-0.05, 0) is 77.9 Å². The van der Waals surface area contributed by atoms with Crippen molar-refractivity contribution >= 4 is 23.3 Å². The fourth-order valence-corrected chi connectivity index (χ4v) is 5.60. The van der Waals surface area contributed by atoms with Crippen molar-refractivity contribution in [2.24, 2.45) is 5.41 Å². The minimum Gasteiger partial charge on any atom is -0.478 e. The summed E-state index contributed by atoms with van der Waals surface area (Å²) in [6.45, 7) is 7.69. The monoisotopic (exact) mass is 547 g/mol. The van der Waals surface area contributed by atoms with Crippen LogP contribution in [0.15, 0.2) is 84.9 Å². The number of ketones is 1. The molecule has 0 fully saturated rings. The zero-order chi connectivity index (χ0) is 29.3. The number of rotatable bonds is 8. The zero-order valence-electron chi connectivity index (χ0n) is 23.7. The molecule has 6 nitrogen and oxygen atoms in total. The lowest BCUT2D eigenvalue weighted by Crippen LogP contribution is -2.29. The number of aryl methyl sites for hydroxylation is 2. The number of hydrogen-bond acceptors (Lipinski definition) is 4. The molecule has 1 atom stereocenters. The molecule has 0 heterocycles. The molecule has 0 aromatic heterocycles. The maximum atomic E-state index is 13.4. The van der Waals surface area contributed by atoms with E-state index in [1.54, 1.807) is 6.07 Å². The van der Waals surface area contributed by atoms with E-state index in [2.05, 4.69) is 5.32 Å². The third-order valence-electron chi connectivity index (χ3n) is 7.64. The van der Waals surface area contributed by atoms with E-state index in [4.69, 9.17) is 4.74 Å². The molecule has 6 heteroatoms. The number of carboxylic acids is 1. The second-order valence-electron chi connectivity index (χ2n) is 11.3. The summed E-state index contributed by atoms with van der Waals surface area (Å²) in [5, 5.41) is 12.7. The predicted molar refractivity (Wildman–Crippen MR) is 160 cm³/mol. The summed E-state index contributed by atoms with van der Waals surface area (Å²) in [6.07, 6.45) is -0.222. The number of fused-ring (bicyclic) bond motifs is 1. The van der Waals surface area contributed by atoms with E-state index in [9.17, 15) is 19.5 Å². The Labute approximate surface area is 240 Å². The van der Waals surface area contributed by atoms with E-state index in [1.807, 2.05) is 107 Å². The maximum Gasteiger partial charge on any atom is 0.345 e. The average Bonchev–Trinajstić information content (AvgIpc) is 3.17. The molecule has 1 aliphatic rings. The van der Waals surface area contributed by atoms with Gasteiger partial charge >= 0.3 is 5.97 Å². The Morgan fingerprint density at radius 3 is 2.29 bits per heavy atom. The van der Waals surface area contributed by atoms with Gasteiger partial charge < -0.3 is 15.2 Å². The van der Waals surface area contributed by atoms with Crippen molar-refractivity contribution in [2.75, 3.05) is 5.32 Å². The van der Waals surface area contributed by atoms with E-state index in [-0.39, 0.29) is 18.1 Å². The Hall–Kier alpha value is -4.71. The highest BCUT2D eigenvalue weighted by Crippen LogP contribution is 2.41. The van der Waals surface area contributed by atoms with Crippen LogP contribution in [-0.4, -0.2) is 28.9 Å². The molecule has 4 aromatic rings. The second kappa shape index (κ2) is 11.0. The second-order valence-corrected chi connectivity index (χ2v) is 11.3. The molecule has 0 saturated carbocycles. The first-order valence-electron chi connectivity index (χ1n) is 13.7. The Balaban J connectivity index is 1.32. The Kier molecular flexibility index (Phi) is 7.50. The van der Waals surface area contributed by atoms with Crippen molar-refractivity contribution in [1.82, 2.24) is 0 Å². The van der Waals surface area contributed by atoms with Gasteiger partial charge in [-0.15, -0.1) is 0 Å². The third-order valence-corrected chi connectivity index (χ3v) is 7.64. The first-order valence-corrected chi connectivity index (χ1v) is 13.7. The van der Waals surface area contributed by atoms with Gasteiger partial charge in [0.1, 0.15) is 5.75 Å². The number of benzene rings is 4. The SMILES string of the molecule is Cc1cc(C)c2c(c1C(=O)Nc1ccc(-c3cccc(OC(Cc4ccccc4)C(=O)O)c3)cc1)CC(C)(C)C2=O. The van der Waals surface area contributed by atoms with Crippen LogP contribution in [0.25, 0.3) is 11.1 Å². The molecule has 2 N–H and O–H groups in total. The van der Waals surface area contributed by atoms with Crippen molar-refractivity contribution in [3.63, 3.8) is 0 Å². The van der Waals surface area contributed by atoms with Crippen LogP contribution < -0.4 is 10.1 Å². The number of aliphatic carboxylic acids is 1. The van der Waals surface area contributed by atoms with Gasteiger partial charge in [0.25, 0.3) is 5.91 Å². The summed E-state index contributed by atoms with van der Waals surface area (Å²) in [4.78, 5) is 38.3. The highest BCUT2D eigenvalue weighted by Gasteiger charge is 2.41. The van der Waals surface area contributed by atoms with Crippen molar-refractivity contribution in [3.8, 4) is 16.9 Å². The van der Waals surface area contributed by atoms with Gasteiger partial charge in [0.2, 0.25) is 0 Å². The zero-order valence-corrected chi connectivity index (χ0v) is 23.7. The summed E-state index contributed by atoms with van der Waals surface area (Å²) in [5.41, 5.74) is 6.59. The first-order chi connectivity index (χ1) is 19.5. The topological polar surface area (TPSA) is 92.7 Å². The number of ether oxygens (including phenoxy) is 1. The molecule has 1 unspecified atom stereocenters. The van der Waals surface area contributed by atoms with E-state index in [0.717, 1.165) is 33.4 Å². The molecule has 0 spiro atoms. The lowest BCUT2D eigenvalue weighted by molar-refractivity contribution is -0.145. The van der Waals surface area contributed by atoms with E-state index in [0.29, 0.717) is 29.0 Å². The molecule has 1 aliphatic carbocycles. The van der Waals surface area contributed by atoms with Crippen molar-refractivity contribution in [2.45, 2.75) is 46.6 Å². The predicted octanol–water partition coefficient (Wildman–Crippen LogP) is 7.06. The van der Waals surface area contributed by atoms with Crippen LogP contribution >= 0.6 is 0 Å². The number of Topliss-reactive ketones (excluding diaryl/α,β-unsaturated/α-hetero) is 1. The van der Waals surface area contributed by atoms with Crippen molar-refractivity contribution < 1.29 is 24.2 Å². The summed E-state index contributed by atoms with van der Waals surface area (Å²) in [6, 6.07) is 26.1. The fourth-order valence-electron chi connectivity index (χ4n) is 5.60. The summed E-state index contributed by atoms with van der Waals surface area (Å²) < 4.78 is 5.87. The summed E-state index contributed by atoms with van der Waals surface area (Å²) >= 11 is 0. The quantitative estimate of drug-likeness (QED) is 0.246. The molecule has 5 rings (SSSR count). The van der Waals surface area contributed by atoms with E-state index < -0.39 is 17.5 Å². The van der Waals surface area contributed by atoms with E-state index in [1.165, 1.54) is 0 Å². The van der Waals surface area contributed by atoms with Gasteiger partial charge in [-0.1, -0.05) is 74.5 Å². The number of carbonyl (C=O) groups excluding carboxylic acids is 2. The summed E-state index contributed by atoms with van der Waals surface area (Å²) in [7, 11) is 0. The molecule has 0 bridgehead atoms. The standard InChI is InChI=1S/C35H33NO5/c1-21-17-22(2)31(28-20-35(3,4)32(37)30(21)28)33(38)36-26-15-13-24(14-16-26)25-11-8-12-27(19-25)41-29(34(39)40)18-23-9-6-5-7-10-23/h5-17,19,29H,18,20H2,1-4H3,(H,36,38)(H,39,40). The lowest BCUT2D eigenvalue weighted by Gasteiger charge is -2.16. The van der Waals surface area contributed by atoms with Crippen molar-refractivity contribution in [3.05, 3.63) is 118 Å². The minimum absolute atomic E-state index is 0.0874. The van der Waals surface area contributed by atoms with Gasteiger partial charge in [0, 0.05) is 28.7 Å². The number of hydrogen-bond donors (Lipinski definition) is 2. The largest absolute Gasteiger partial charge is 0.478 e. The van der Waals surface area contributed by atoms with Crippen LogP contribution in [0, 0.1) is 19.3 Å². The highest BCUT2D eigenvalue weighted by atomic mass is 16.5. The molecular formula is C35H33NO5. The number of carbonyl (C=O) groups is 3. The van der Waals surface area contributed by atoms with E-state index >= 15 is 0 Å². The summed E-state index contributed by atoms with van der Waals surface area (Å²) in [5.74, 6) is -0.707. The van der Waals surface area contributed by atoms with Crippen LogP contribution in [0.1, 0.15) is 56.8 Å². The van der Waals surface area contributed by atoms with Gasteiger partial charge in [0.15, 0.2) is 11.9 Å². The Bertz CT molecular complexity index is 1640. The van der Waals surface area contributed by atoms with Crippen LogP contribution in [0.5, 0.6) is 5.75 Å². The number of carboxylic acid groups (broad SMARTS) is 1. The molecule has 208 valence electrons. The van der Waals surface area contributed by atoms with Crippen LogP contribution in [0.3, 0.4) is 0 Å². The molecule has 41 heavy (non-hydrogen) atoms. The third kappa shape index (κ3) is 5.78. The highest BCUT2D eigenvalue weighted by molar-refractivity contribution is 6.12. The van der Waals surface area contributed by atoms with Crippen LogP contribution in [0.2, 0.25) is 0 Å². The number of anilines is 1. The fraction of sp³-hybridized carbons (Fsp3) is 0.229. The van der Waals surface area contributed by atoms with Gasteiger partial charge in [0.05, 0.1) is 0 Å². The molecular weight excluding hydrogens is 514 g/mol. The smallest absolute Gasteiger partial charge is 0.345 e. The number of amides is 1. The number of nitrogens with one attached hydrogen (secondary N) is 1. The first kappa shape index (κ1) is 27.8.